The number of carbonyl (C=O) groups is 2. The normalized spacial score (nSPS) is 34.9. The molecule has 4 bridgehead atoms. The van der Waals surface area contributed by atoms with Gasteiger partial charge in [-0.05, 0) is 99.8 Å². The Morgan fingerprint density at radius 1 is 0.853 bits per heavy atom. The van der Waals surface area contributed by atoms with Crippen LogP contribution < -0.4 is 9.64 Å². The van der Waals surface area contributed by atoms with Crippen molar-refractivity contribution in [2.45, 2.75) is 63.8 Å². The second-order valence-electron chi connectivity index (χ2n) is 11.7. The maximum Gasteiger partial charge on any atom is 0.245 e. The van der Waals surface area contributed by atoms with E-state index in [4.69, 9.17) is 4.74 Å². The topological polar surface area (TPSA) is 53.1 Å². The van der Waals surface area contributed by atoms with Crippen LogP contribution >= 0.6 is 0 Å². The largest absolute Gasteiger partial charge is 0.497 e. The smallest absolute Gasteiger partial charge is 0.245 e. The summed E-state index contributed by atoms with van der Waals surface area (Å²) in [7, 11) is 1.69. The van der Waals surface area contributed by atoms with Gasteiger partial charge in [0.15, 0.2) is 0 Å². The molecule has 6 fully saturated rings. The first kappa shape index (κ1) is 22.2. The zero-order chi connectivity index (χ0) is 23.3. The zero-order valence-corrected chi connectivity index (χ0v) is 20.6. The molecule has 2 aliphatic heterocycles. The summed E-state index contributed by atoms with van der Waals surface area (Å²) >= 11 is 0. The van der Waals surface area contributed by atoms with E-state index in [1.54, 1.807) is 7.11 Å². The van der Waals surface area contributed by atoms with Crippen molar-refractivity contribution in [2.24, 2.45) is 23.2 Å². The average Bonchev–Trinajstić information content (AvgIpc) is 3.19. The highest BCUT2D eigenvalue weighted by Crippen LogP contribution is 2.60. The Bertz CT molecular complexity index is 894. The molecule has 1 aromatic carbocycles. The summed E-state index contributed by atoms with van der Waals surface area (Å²) in [6.07, 6.45) is 10.00. The van der Waals surface area contributed by atoms with Gasteiger partial charge in [-0.1, -0.05) is 0 Å². The number of ether oxygens (including phenoxy) is 1. The Morgan fingerprint density at radius 3 is 2.18 bits per heavy atom. The predicted octanol–water partition coefficient (Wildman–Crippen LogP) is 3.94. The van der Waals surface area contributed by atoms with Gasteiger partial charge in [0.05, 0.1) is 12.5 Å². The van der Waals surface area contributed by atoms with Crippen LogP contribution in [-0.2, 0) is 9.59 Å². The van der Waals surface area contributed by atoms with Gasteiger partial charge in [0.25, 0.3) is 0 Å². The second-order valence-corrected chi connectivity index (χ2v) is 11.7. The molecule has 184 valence electrons. The molecule has 6 heteroatoms. The van der Waals surface area contributed by atoms with Crippen LogP contribution in [0.3, 0.4) is 0 Å². The number of likely N-dealkylation sites (tertiary alicyclic amines) is 1. The van der Waals surface area contributed by atoms with E-state index >= 15 is 0 Å². The van der Waals surface area contributed by atoms with Gasteiger partial charge in [-0.2, -0.15) is 0 Å². The minimum absolute atomic E-state index is 0.151. The van der Waals surface area contributed by atoms with Gasteiger partial charge >= 0.3 is 0 Å². The van der Waals surface area contributed by atoms with Gasteiger partial charge in [-0.3, -0.25) is 9.59 Å². The summed E-state index contributed by atoms with van der Waals surface area (Å²) < 4.78 is 5.29. The lowest BCUT2D eigenvalue weighted by atomic mass is 9.49. The monoisotopic (exact) mass is 465 g/mol. The van der Waals surface area contributed by atoms with Gasteiger partial charge in [0.2, 0.25) is 11.8 Å². The third kappa shape index (κ3) is 3.87. The molecule has 0 radical (unpaired) electrons. The van der Waals surface area contributed by atoms with Crippen LogP contribution in [0.15, 0.2) is 24.3 Å². The highest BCUT2D eigenvalue weighted by Gasteiger charge is 2.57. The molecule has 4 saturated carbocycles. The molecule has 2 saturated heterocycles. The molecule has 1 unspecified atom stereocenters. The van der Waals surface area contributed by atoms with Gasteiger partial charge in [0.1, 0.15) is 11.8 Å². The first-order valence-electron chi connectivity index (χ1n) is 13.5. The maximum absolute atomic E-state index is 14.0. The number of nitrogens with zero attached hydrogens (tertiary/aromatic N) is 3. The van der Waals surface area contributed by atoms with Crippen molar-refractivity contribution in [3.8, 4) is 5.75 Å². The Kier molecular flexibility index (Phi) is 5.73. The van der Waals surface area contributed by atoms with Crippen molar-refractivity contribution in [1.82, 2.24) is 9.80 Å². The van der Waals surface area contributed by atoms with Crippen molar-refractivity contribution in [2.75, 3.05) is 44.7 Å². The zero-order valence-electron chi connectivity index (χ0n) is 20.6. The molecule has 7 rings (SSSR count). The molecule has 0 N–H and O–H groups in total. The standard InChI is InChI=1S/C28H39N3O3/c1-34-24-7-5-23(6-8-24)29-9-3-10-30(13-12-29)26(32)25-4-2-11-31(25)27(33)28-17-20-14-21(18-28)16-22(15-20)19-28/h5-8,20-22,25H,2-4,9-19H2,1H3. The van der Waals surface area contributed by atoms with Crippen LogP contribution in [0, 0.1) is 23.2 Å². The van der Waals surface area contributed by atoms with Crippen LogP contribution in [0.25, 0.3) is 0 Å². The fraction of sp³-hybridized carbons (Fsp3) is 0.714. The Hall–Kier alpha value is -2.24. The molecular formula is C28H39N3O3. The van der Waals surface area contributed by atoms with Gasteiger partial charge in [0, 0.05) is 38.4 Å². The van der Waals surface area contributed by atoms with Gasteiger partial charge in [-0.25, -0.2) is 0 Å². The highest BCUT2D eigenvalue weighted by atomic mass is 16.5. The van der Waals surface area contributed by atoms with E-state index in [9.17, 15) is 9.59 Å². The Balaban J connectivity index is 1.12. The molecule has 0 aromatic heterocycles. The molecule has 1 aromatic rings. The third-order valence-electron chi connectivity index (χ3n) is 9.54. The predicted molar refractivity (Wildman–Crippen MR) is 132 cm³/mol. The molecule has 4 aliphatic carbocycles. The van der Waals surface area contributed by atoms with Crippen molar-refractivity contribution in [3.05, 3.63) is 24.3 Å². The number of rotatable bonds is 4. The molecule has 0 spiro atoms. The average molecular weight is 466 g/mol. The van der Waals surface area contributed by atoms with Crippen molar-refractivity contribution >= 4 is 17.5 Å². The molecule has 2 heterocycles. The lowest BCUT2D eigenvalue weighted by Crippen LogP contribution is -2.57. The molecule has 6 aliphatic rings. The number of benzene rings is 1. The Labute approximate surface area is 203 Å². The van der Waals surface area contributed by atoms with E-state index in [-0.39, 0.29) is 17.4 Å². The summed E-state index contributed by atoms with van der Waals surface area (Å²) in [5.74, 6) is 3.63. The molecule has 34 heavy (non-hydrogen) atoms. The van der Waals surface area contributed by atoms with Crippen LogP contribution in [0.2, 0.25) is 0 Å². The van der Waals surface area contributed by atoms with E-state index in [2.05, 4.69) is 17.0 Å². The van der Waals surface area contributed by atoms with Crippen molar-refractivity contribution < 1.29 is 14.3 Å². The third-order valence-corrected chi connectivity index (χ3v) is 9.54. The van der Waals surface area contributed by atoms with E-state index in [1.165, 1.54) is 24.9 Å². The fourth-order valence-corrected chi connectivity index (χ4v) is 8.34. The number of hydrogen-bond donors (Lipinski definition) is 0. The highest BCUT2D eigenvalue weighted by molar-refractivity contribution is 5.91. The summed E-state index contributed by atoms with van der Waals surface area (Å²) in [6, 6.07) is 7.94. The SMILES string of the molecule is COc1ccc(N2CCCN(C(=O)C3CCCN3C(=O)C34CC5CC(CC(C5)C3)C4)CC2)cc1. The fourth-order valence-electron chi connectivity index (χ4n) is 8.34. The molecular weight excluding hydrogens is 426 g/mol. The van der Waals surface area contributed by atoms with E-state index < -0.39 is 0 Å². The van der Waals surface area contributed by atoms with Crippen LogP contribution in [0.4, 0.5) is 5.69 Å². The second kappa shape index (κ2) is 8.76. The number of amides is 2. The van der Waals surface area contributed by atoms with E-state index in [1.807, 2.05) is 21.9 Å². The number of carbonyl (C=O) groups excluding carboxylic acids is 2. The van der Waals surface area contributed by atoms with Crippen LogP contribution in [-0.4, -0.2) is 67.5 Å². The molecule has 6 nitrogen and oxygen atoms in total. The molecule has 1 atom stereocenters. The maximum atomic E-state index is 14.0. The number of hydrogen-bond acceptors (Lipinski definition) is 4. The van der Waals surface area contributed by atoms with E-state index in [0.717, 1.165) is 94.8 Å². The van der Waals surface area contributed by atoms with Gasteiger partial charge < -0.3 is 19.4 Å². The first-order valence-corrected chi connectivity index (χ1v) is 13.5. The first-order chi connectivity index (χ1) is 16.5. The van der Waals surface area contributed by atoms with E-state index in [0.29, 0.717) is 5.91 Å². The summed E-state index contributed by atoms with van der Waals surface area (Å²) in [6.45, 7) is 4.04. The quantitative estimate of drug-likeness (QED) is 0.676. The van der Waals surface area contributed by atoms with Gasteiger partial charge in [-0.15, -0.1) is 0 Å². The minimum Gasteiger partial charge on any atom is -0.497 e. The minimum atomic E-state index is -0.243. The van der Waals surface area contributed by atoms with Crippen molar-refractivity contribution in [3.63, 3.8) is 0 Å². The number of methoxy groups -OCH3 is 1. The number of anilines is 1. The summed E-state index contributed by atoms with van der Waals surface area (Å²) in [5, 5.41) is 0. The molecule has 2 amide bonds. The summed E-state index contributed by atoms with van der Waals surface area (Å²) in [5.41, 5.74) is 1.02. The van der Waals surface area contributed by atoms with Crippen LogP contribution in [0.5, 0.6) is 5.75 Å². The lowest BCUT2D eigenvalue weighted by molar-refractivity contribution is -0.162. The summed E-state index contributed by atoms with van der Waals surface area (Å²) in [4.78, 5) is 34.1. The lowest BCUT2D eigenvalue weighted by Gasteiger charge is -2.56. The van der Waals surface area contributed by atoms with Crippen LogP contribution in [0.1, 0.15) is 57.8 Å². The van der Waals surface area contributed by atoms with Crippen molar-refractivity contribution in [1.29, 1.82) is 0 Å². The Morgan fingerprint density at radius 2 is 1.53 bits per heavy atom.